The average molecular weight is 390 g/mol. The number of carbonyl (C=O) groups is 1. The van der Waals surface area contributed by atoms with Gasteiger partial charge in [0.05, 0.1) is 12.1 Å². The Hall–Kier alpha value is -2.30. The molecule has 2 aromatic carbocycles. The molecule has 0 amide bonds. The quantitative estimate of drug-likeness (QED) is 0.605. The summed E-state index contributed by atoms with van der Waals surface area (Å²) in [6.45, 7) is 1.86. The molecule has 0 aliphatic rings. The molecule has 0 saturated carbocycles. The van der Waals surface area contributed by atoms with Gasteiger partial charge in [0, 0.05) is 27.4 Å². The Bertz CT molecular complexity index is 1010. The molecule has 26 heavy (non-hydrogen) atoms. The first-order valence-electron chi connectivity index (χ1n) is 8.20. The standard InChI is InChI=1S/C20H17Cl2NO3/c1-2-26-19(24)12-23-18-8-7-17(22)11-14(18)10-15(20(23)25)9-13-3-5-16(21)6-4-13/h3-8,10-11H,2,9,12H2,1H3. The number of esters is 1. The van der Waals surface area contributed by atoms with Gasteiger partial charge >= 0.3 is 5.97 Å². The van der Waals surface area contributed by atoms with Gasteiger partial charge in [-0.1, -0.05) is 35.3 Å². The highest BCUT2D eigenvalue weighted by Crippen LogP contribution is 2.21. The van der Waals surface area contributed by atoms with Crippen molar-refractivity contribution in [1.29, 1.82) is 0 Å². The summed E-state index contributed by atoms with van der Waals surface area (Å²) in [4.78, 5) is 24.9. The highest BCUT2D eigenvalue weighted by atomic mass is 35.5. The van der Waals surface area contributed by atoms with Crippen molar-refractivity contribution < 1.29 is 9.53 Å². The Kier molecular flexibility index (Phi) is 5.64. The Morgan fingerprint density at radius 1 is 1.04 bits per heavy atom. The van der Waals surface area contributed by atoms with E-state index in [0.717, 1.165) is 10.9 Å². The van der Waals surface area contributed by atoms with E-state index in [1.54, 1.807) is 37.3 Å². The monoisotopic (exact) mass is 389 g/mol. The number of aromatic nitrogens is 1. The molecule has 1 heterocycles. The SMILES string of the molecule is CCOC(=O)Cn1c(=O)c(Cc2ccc(Cl)cc2)cc2cc(Cl)ccc21. The van der Waals surface area contributed by atoms with Crippen LogP contribution in [-0.2, 0) is 22.5 Å². The second-order valence-corrected chi connectivity index (χ2v) is 6.75. The van der Waals surface area contributed by atoms with Gasteiger partial charge in [0.15, 0.2) is 0 Å². The summed E-state index contributed by atoms with van der Waals surface area (Å²) in [5.41, 5.74) is 1.96. The van der Waals surface area contributed by atoms with E-state index in [1.807, 2.05) is 18.2 Å². The van der Waals surface area contributed by atoms with Crippen LogP contribution in [-0.4, -0.2) is 17.1 Å². The van der Waals surface area contributed by atoms with Crippen LogP contribution in [0.15, 0.2) is 53.3 Å². The van der Waals surface area contributed by atoms with Crippen LogP contribution in [0.3, 0.4) is 0 Å². The Morgan fingerprint density at radius 3 is 2.42 bits per heavy atom. The van der Waals surface area contributed by atoms with Crippen molar-refractivity contribution in [3.63, 3.8) is 0 Å². The fourth-order valence-electron chi connectivity index (χ4n) is 2.86. The maximum Gasteiger partial charge on any atom is 0.326 e. The van der Waals surface area contributed by atoms with E-state index in [4.69, 9.17) is 27.9 Å². The molecule has 4 nitrogen and oxygen atoms in total. The zero-order valence-electron chi connectivity index (χ0n) is 14.2. The largest absolute Gasteiger partial charge is 0.465 e. The summed E-state index contributed by atoms with van der Waals surface area (Å²) in [5, 5.41) is 2.00. The first-order chi connectivity index (χ1) is 12.5. The number of benzene rings is 2. The number of pyridine rings is 1. The summed E-state index contributed by atoms with van der Waals surface area (Å²) in [7, 11) is 0. The first-order valence-corrected chi connectivity index (χ1v) is 8.95. The minimum Gasteiger partial charge on any atom is -0.465 e. The van der Waals surface area contributed by atoms with Gasteiger partial charge in [0.25, 0.3) is 5.56 Å². The lowest BCUT2D eigenvalue weighted by atomic mass is 10.0. The third-order valence-corrected chi connectivity index (χ3v) is 4.52. The van der Waals surface area contributed by atoms with Gasteiger partial charge in [-0.15, -0.1) is 0 Å². The van der Waals surface area contributed by atoms with Crippen molar-refractivity contribution in [1.82, 2.24) is 4.57 Å². The molecule has 0 N–H and O–H groups in total. The lowest BCUT2D eigenvalue weighted by molar-refractivity contribution is -0.143. The van der Waals surface area contributed by atoms with E-state index in [9.17, 15) is 9.59 Å². The van der Waals surface area contributed by atoms with E-state index in [2.05, 4.69) is 0 Å². The number of hydrogen-bond acceptors (Lipinski definition) is 3. The van der Waals surface area contributed by atoms with Gasteiger partial charge < -0.3 is 4.74 Å². The summed E-state index contributed by atoms with van der Waals surface area (Å²) in [6.07, 6.45) is 0.432. The highest BCUT2D eigenvalue weighted by Gasteiger charge is 2.14. The lowest BCUT2D eigenvalue weighted by Crippen LogP contribution is -2.28. The van der Waals surface area contributed by atoms with Crippen molar-refractivity contribution in [3.05, 3.63) is 80.1 Å². The van der Waals surface area contributed by atoms with E-state index < -0.39 is 5.97 Å². The third kappa shape index (κ3) is 4.09. The molecule has 0 aliphatic carbocycles. The Labute approximate surface area is 160 Å². The molecule has 3 aromatic rings. The van der Waals surface area contributed by atoms with Crippen LogP contribution in [0, 0.1) is 0 Å². The molecule has 0 spiro atoms. The van der Waals surface area contributed by atoms with Crippen LogP contribution in [0.25, 0.3) is 10.9 Å². The molecular formula is C20H17Cl2NO3. The molecule has 0 bridgehead atoms. The van der Waals surface area contributed by atoms with Gasteiger partial charge in [-0.25, -0.2) is 0 Å². The number of halogens is 2. The fourth-order valence-corrected chi connectivity index (χ4v) is 3.17. The molecule has 3 rings (SSSR count). The predicted octanol–water partition coefficient (Wildman–Crippen LogP) is 4.46. The van der Waals surface area contributed by atoms with Gasteiger partial charge in [0.1, 0.15) is 6.54 Å². The van der Waals surface area contributed by atoms with Gasteiger partial charge in [-0.3, -0.25) is 14.2 Å². The molecule has 0 saturated heterocycles. The molecule has 0 fully saturated rings. The van der Waals surface area contributed by atoms with Crippen molar-refractivity contribution in [2.75, 3.05) is 6.61 Å². The molecule has 6 heteroatoms. The van der Waals surface area contributed by atoms with Crippen molar-refractivity contribution in [3.8, 4) is 0 Å². The number of nitrogens with zero attached hydrogens (tertiary/aromatic N) is 1. The number of carbonyl (C=O) groups excluding carboxylic acids is 1. The maximum absolute atomic E-state index is 13.0. The lowest BCUT2D eigenvalue weighted by Gasteiger charge is -2.13. The molecule has 134 valence electrons. The minimum atomic E-state index is -0.450. The van der Waals surface area contributed by atoms with Crippen LogP contribution in [0.1, 0.15) is 18.1 Å². The molecule has 0 atom stereocenters. The molecular weight excluding hydrogens is 373 g/mol. The summed E-state index contributed by atoms with van der Waals surface area (Å²) >= 11 is 12.0. The van der Waals surface area contributed by atoms with Crippen LogP contribution in [0.5, 0.6) is 0 Å². The first kappa shape index (κ1) is 18.5. The van der Waals surface area contributed by atoms with Gasteiger partial charge in [-0.05, 0) is 48.9 Å². The molecule has 0 aliphatic heterocycles. The van der Waals surface area contributed by atoms with Crippen LogP contribution < -0.4 is 5.56 Å². The minimum absolute atomic E-state index is 0.140. The summed E-state index contributed by atoms with van der Waals surface area (Å²) < 4.78 is 6.44. The number of rotatable bonds is 5. The van der Waals surface area contributed by atoms with Crippen molar-refractivity contribution in [2.24, 2.45) is 0 Å². The molecule has 0 radical (unpaired) electrons. The smallest absolute Gasteiger partial charge is 0.326 e. The Balaban J connectivity index is 2.10. The fraction of sp³-hybridized carbons (Fsp3) is 0.200. The van der Waals surface area contributed by atoms with E-state index in [1.165, 1.54) is 4.57 Å². The number of ether oxygens (including phenoxy) is 1. The topological polar surface area (TPSA) is 48.3 Å². The predicted molar refractivity (Wildman–Crippen MR) is 104 cm³/mol. The second kappa shape index (κ2) is 7.94. The van der Waals surface area contributed by atoms with E-state index >= 15 is 0 Å². The van der Waals surface area contributed by atoms with Crippen LogP contribution in [0.2, 0.25) is 10.0 Å². The molecule has 0 unspecified atom stereocenters. The maximum atomic E-state index is 13.0. The van der Waals surface area contributed by atoms with Crippen molar-refractivity contribution >= 4 is 40.1 Å². The van der Waals surface area contributed by atoms with Crippen LogP contribution in [0.4, 0.5) is 0 Å². The Morgan fingerprint density at radius 2 is 1.73 bits per heavy atom. The average Bonchev–Trinajstić information content (AvgIpc) is 2.60. The number of fused-ring (bicyclic) bond motifs is 1. The molecule has 1 aromatic heterocycles. The zero-order valence-corrected chi connectivity index (χ0v) is 15.7. The van der Waals surface area contributed by atoms with Crippen LogP contribution >= 0.6 is 23.2 Å². The van der Waals surface area contributed by atoms with E-state index in [-0.39, 0.29) is 18.7 Å². The number of hydrogen-bond donors (Lipinski definition) is 0. The third-order valence-electron chi connectivity index (χ3n) is 4.03. The van der Waals surface area contributed by atoms with E-state index in [0.29, 0.717) is 27.5 Å². The normalized spacial score (nSPS) is 10.9. The summed E-state index contributed by atoms with van der Waals surface area (Å²) in [6, 6.07) is 14.4. The van der Waals surface area contributed by atoms with Gasteiger partial charge in [0.2, 0.25) is 0 Å². The highest BCUT2D eigenvalue weighted by molar-refractivity contribution is 6.31. The second-order valence-electron chi connectivity index (χ2n) is 5.87. The van der Waals surface area contributed by atoms with Crippen molar-refractivity contribution in [2.45, 2.75) is 19.9 Å². The summed E-state index contributed by atoms with van der Waals surface area (Å²) in [5.74, 6) is -0.450. The van der Waals surface area contributed by atoms with Gasteiger partial charge in [-0.2, -0.15) is 0 Å². The zero-order chi connectivity index (χ0) is 18.7.